The summed E-state index contributed by atoms with van der Waals surface area (Å²) in [5.74, 6) is 0.255. The van der Waals surface area contributed by atoms with E-state index in [1.54, 1.807) is 0 Å². The standard InChI is InChI=1S/C11H14N2O4/c1-5-3-7-8(4-6(5)2)12-11(15)9(10(7)14)13(16)17/h5-6H,3-4H2,1-2H3,(H2,12,14,15). The Labute approximate surface area is 97.4 Å². The molecule has 0 fully saturated rings. The van der Waals surface area contributed by atoms with Crippen LogP contribution in [0, 0.1) is 22.0 Å². The second-order valence-electron chi connectivity index (χ2n) is 4.73. The van der Waals surface area contributed by atoms with Gasteiger partial charge in [0.15, 0.2) is 0 Å². The molecule has 0 aromatic carbocycles. The Morgan fingerprint density at radius 1 is 1.35 bits per heavy atom. The fraction of sp³-hybridized carbons (Fsp3) is 0.545. The van der Waals surface area contributed by atoms with Crippen molar-refractivity contribution in [2.24, 2.45) is 11.8 Å². The topological polar surface area (TPSA) is 96.2 Å². The lowest BCUT2D eigenvalue weighted by Gasteiger charge is -2.27. The van der Waals surface area contributed by atoms with Crippen LogP contribution < -0.4 is 5.56 Å². The fourth-order valence-electron chi connectivity index (χ4n) is 2.27. The molecule has 1 heterocycles. The first-order valence-electron chi connectivity index (χ1n) is 5.53. The van der Waals surface area contributed by atoms with Crippen LogP contribution in [0.15, 0.2) is 4.79 Å². The van der Waals surface area contributed by atoms with Crippen molar-refractivity contribution in [1.82, 2.24) is 4.98 Å². The van der Waals surface area contributed by atoms with Gasteiger partial charge in [0.25, 0.3) is 0 Å². The Hall–Kier alpha value is -1.85. The number of nitro groups is 1. The Morgan fingerprint density at radius 3 is 2.53 bits per heavy atom. The van der Waals surface area contributed by atoms with Gasteiger partial charge in [-0.25, -0.2) is 0 Å². The molecule has 0 bridgehead atoms. The van der Waals surface area contributed by atoms with E-state index in [0.29, 0.717) is 35.9 Å². The number of pyridine rings is 1. The van der Waals surface area contributed by atoms with Crippen LogP contribution in [-0.2, 0) is 12.8 Å². The van der Waals surface area contributed by atoms with Crippen LogP contribution >= 0.6 is 0 Å². The van der Waals surface area contributed by atoms with Crippen molar-refractivity contribution in [2.45, 2.75) is 26.7 Å². The summed E-state index contributed by atoms with van der Waals surface area (Å²) in [5, 5.41) is 20.5. The van der Waals surface area contributed by atoms with Crippen molar-refractivity contribution in [2.75, 3.05) is 0 Å². The zero-order valence-corrected chi connectivity index (χ0v) is 9.69. The molecule has 2 atom stereocenters. The minimum Gasteiger partial charge on any atom is -0.502 e. The molecule has 2 N–H and O–H groups in total. The molecule has 2 unspecified atom stereocenters. The van der Waals surface area contributed by atoms with Gasteiger partial charge in [-0.15, -0.1) is 0 Å². The number of nitrogens with one attached hydrogen (secondary N) is 1. The predicted molar refractivity (Wildman–Crippen MR) is 61.1 cm³/mol. The van der Waals surface area contributed by atoms with E-state index in [1.165, 1.54) is 0 Å². The summed E-state index contributed by atoms with van der Waals surface area (Å²) in [6.07, 6.45) is 1.19. The maximum Gasteiger partial charge on any atom is 0.375 e. The number of H-pyrrole nitrogens is 1. The first kappa shape index (κ1) is 11.6. The molecule has 0 saturated carbocycles. The van der Waals surface area contributed by atoms with E-state index in [-0.39, 0.29) is 0 Å². The maximum atomic E-state index is 11.5. The lowest BCUT2D eigenvalue weighted by atomic mass is 9.79. The number of hydrogen-bond donors (Lipinski definition) is 2. The van der Waals surface area contributed by atoms with Crippen LogP contribution in [0.3, 0.4) is 0 Å². The van der Waals surface area contributed by atoms with Crippen LogP contribution in [0.1, 0.15) is 25.1 Å². The van der Waals surface area contributed by atoms with Gasteiger partial charge in [0, 0.05) is 11.3 Å². The van der Waals surface area contributed by atoms with Gasteiger partial charge in [0.2, 0.25) is 5.75 Å². The van der Waals surface area contributed by atoms with Gasteiger partial charge in [-0.1, -0.05) is 13.8 Å². The average molecular weight is 238 g/mol. The number of aromatic amines is 1. The molecule has 0 radical (unpaired) electrons. The number of hydrogen-bond acceptors (Lipinski definition) is 4. The van der Waals surface area contributed by atoms with Crippen LogP contribution in [-0.4, -0.2) is 15.0 Å². The van der Waals surface area contributed by atoms with E-state index in [9.17, 15) is 20.0 Å². The quantitative estimate of drug-likeness (QED) is 0.570. The van der Waals surface area contributed by atoms with E-state index >= 15 is 0 Å². The van der Waals surface area contributed by atoms with E-state index < -0.39 is 21.9 Å². The van der Waals surface area contributed by atoms with Crippen LogP contribution in [0.2, 0.25) is 0 Å². The Kier molecular flexibility index (Phi) is 2.65. The van der Waals surface area contributed by atoms with Gasteiger partial charge >= 0.3 is 11.2 Å². The normalized spacial score (nSPS) is 23.2. The third kappa shape index (κ3) is 1.79. The number of nitrogens with zero attached hydrogens (tertiary/aromatic N) is 1. The highest BCUT2D eigenvalue weighted by Crippen LogP contribution is 2.36. The highest BCUT2D eigenvalue weighted by Gasteiger charge is 2.31. The molecule has 2 rings (SSSR count). The first-order chi connectivity index (χ1) is 7.91. The highest BCUT2D eigenvalue weighted by molar-refractivity contribution is 5.51. The van der Waals surface area contributed by atoms with Crippen molar-refractivity contribution in [1.29, 1.82) is 0 Å². The molecule has 0 amide bonds. The smallest absolute Gasteiger partial charge is 0.375 e. The molecule has 6 nitrogen and oxygen atoms in total. The number of rotatable bonds is 1. The largest absolute Gasteiger partial charge is 0.502 e. The van der Waals surface area contributed by atoms with E-state index in [0.717, 1.165) is 0 Å². The number of fused-ring (bicyclic) bond motifs is 1. The molecule has 17 heavy (non-hydrogen) atoms. The fourth-order valence-corrected chi connectivity index (χ4v) is 2.27. The minimum absolute atomic E-state index is 0.332. The van der Waals surface area contributed by atoms with Crippen molar-refractivity contribution in [3.63, 3.8) is 0 Å². The van der Waals surface area contributed by atoms with Gasteiger partial charge in [-0.05, 0) is 24.7 Å². The van der Waals surface area contributed by atoms with Gasteiger partial charge in [-0.2, -0.15) is 0 Å². The summed E-state index contributed by atoms with van der Waals surface area (Å²) < 4.78 is 0. The summed E-state index contributed by atoms with van der Waals surface area (Å²) in [5.41, 5.74) is -0.427. The van der Waals surface area contributed by atoms with E-state index in [1.807, 2.05) is 6.92 Å². The first-order valence-corrected chi connectivity index (χ1v) is 5.53. The SMILES string of the molecule is CC1Cc2[nH]c(=O)c([N+](=O)[O-])c(O)c2CC1C. The highest BCUT2D eigenvalue weighted by atomic mass is 16.6. The summed E-state index contributed by atoms with van der Waals surface area (Å²) in [6, 6.07) is 0. The number of aromatic nitrogens is 1. The third-order valence-electron chi connectivity index (χ3n) is 3.56. The molecule has 0 saturated heterocycles. The molecule has 1 aromatic heterocycles. The van der Waals surface area contributed by atoms with Gasteiger partial charge in [0.1, 0.15) is 0 Å². The molecule has 1 aliphatic carbocycles. The zero-order valence-electron chi connectivity index (χ0n) is 9.69. The number of aromatic hydroxyl groups is 1. The molecular formula is C11H14N2O4. The molecule has 1 aliphatic rings. The molecule has 6 heteroatoms. The second kappa shape index (κ2) is 3.87. The van der Waals surface area contributed by atoms with Crippen molar-refractivity contribution >= 4 is 5.69 Å². The van der Waals surface area contributed by atoms with Crippen molar-refractivity contribution in [3.8, 4) is 5.75 Å². The average Bonchev–Trinajstić information content (AvgIpc) is 2.21. The molecule has 92 valence electrons. The maximum absolute atomic E-state index is 11.5. The summed E-state index contributed by atoms with van der Waals surface area (Å²) >= 11 is 0. The van der Waals surface area contributed by atoms with Gasteiger partial charge < -0.3 is 10.1 Å². The second-order valence-corrected chi connectivity index (χ2v) is 4.73. The molecule has 0 aliphatic heterocycles. The van der Waals surface area contributed by atoms with Crippen molar-refractivity contribution in [3.05, 3.63) is 31.7 Å². The predicted octanol–water partition coefficient (Wildman–Crippen LogP) is 1.36. The molecule has 0 spiro atoms. The van der Waals surface area contributed by atoms with Gasteiger partial charge in [-0.3, -0.25) is 14.9 Å². The zero-order chi connectivity index (χ0) is 12.7. The Bertz CT molecular complexity index is 535. The van der Waals surface area contributed by atoms with E-state index in [2.05, 4.69) is 11.9 Å². The molecular weight excluding hydrogens is 224 g/mol. The van der Waals surface area contributed by atoms with Crippen molar-refractivity contribution < 1.29 is 10.0 Å². The Morgan fingerprint density at radius 2 is 1.94 bits per heavy atom. The summed E-state index contributed by atoms with van der Waals surface area (Å²) in [6.45, 7) is 4.09. The lowest BCUT2D eigenvalue weighted by Crippen LogP contribution is -2.26. The van der Waals surface area contributed by atoms with Crippen LogP contribution in [0.25, 0.3) is 0 Å². The third-order valence-corrected chi connectivity index (χ3v) is 3.56. The van der Waals surface area contributed by atoms with Crippen LogP contribution in [0.4, 0.5) is 5.69 Å². The lowest BCUT2D eigenvalue weighted by molar-refractivity contribution is -0.387. The molecule has 1 aromatic rings. The minimum atomic E-state index is -0.836. The Balaban J connectivity index is 2.64. The van der Waals surface area contributed by atoms with Crippen LogP contribution in [0.5, 0.6) is 5.75 Å². The monoisotopic (exact) mass is 238 g/mol. The van der Waals surface area contributed by atoms with Gasteiger partial charge in [0.05, 0.1) is 4.92 Å². The van der Waals surface area contributed by atoms with E-state index in [4.69, 9.17) is 0 Å². The summed E-state index contributed by atoms with van der Waals surface area (Å²) in [4.78, 5) is 23.9. The summed E-state index contributed by atoms with van der Waals surface area (Å²) in [7, 11) is 0.